The van der Waals surface area contributed by atoms with Crippen LogP contribution in [0, 0.1) is 0 Å². The van der Waals surface area contributed by atoms with Gasteiger partial charge < -0.3 is 10.2 Å². The normalized spacial score (nSPS) is 13.5. The number of unbranched alkanes of at least 4 members (excludes halogenated alkanes) is 1. The molecule has 0 aromatic heterocycles. The lowest BCUT2D eigenvalue weighted by molar-refractivity contribution is 0.220. The molecule has 0 saturated carbocycles. The molecule has 0 aromatic carbocycles. The lowest BCUT2D eigenvalue weighted by atomic mass is 10.4. The second kappa shape index (κ2) is 7.38. The smallest absolute Gasteiger partial charge is 0.0602 e. The van der Waals surface area contributed by atoms with Crippen LogP contribution in [-0.4, -0.2) is 34.4 Å². The molecule has 0 aliphatic heterocycles. The van der Waals surface area contributed by atoms with Gasteiger partial charge >= 0.3 is 0 Å². The van der Waals surface area contributed by atoms with Crippen LogP contribution in [0.5, 0.6) is 0 Å². The summed E-state index contributed by atoms with van der Waals surface area (Å²) in [7, 11) is 0. The van der Waals surface area contributed by atoms with Crippen molar-refractivity contribution >= 4 is 11.8 Å². The first-order valence-electron chi connectivity index (χ1n) is 3.64. The van der Waals surface area contributed by atoms with E-state index >= 15 is 0 Å². The molecule has 1 unspecified atom stereocenters. The standard InChI is InChI=1S/C7H16O2S/c1-7(9)6-10-5-3-2-4-8/h7-9H,2-6H2,1H3. The lowest BCUT2D eigenvalue weighted by Crippen LogP contribution is -2.03. The van der Waals surface area contributed by atoms with E-state index in [1.165, 1.54) is 0 Å². The van der Waals surface area contributed by atoms with Gasteiger partial charge in [0.15, 0.2) is 0 Å². The van der Waals surface area contributed by atoms with Crippen LogP contribution in [-0.2, 0) is 0 Å². The van der Waals surface area contributed by atoms with Gasteiger partial charge in [0.05, 0.1) is 6.10 Å². The first kappa shape index (κ1) is 10.3. The molecule has 0 bridgehead atoms. The van der Waals surface area contributed by atoms with E-state index in [0.29, 0.717) is 0 Å². The van der Waals surface area contributed by atoms with Crippen molar-refractivity contribution in [1.82, 2.24) is 0 Å². The Kier molecular flexibility index (Phi) is 7.58. The summed E-state index contributed by atoms with van der Waals surface area (Å²) in [6.07, 6.45) is 1.74. The van der Waals surface area contributed by atoms with Crippen LogP contribution in [0.1, 0.15) is 19.8 Å². The van der Waals surface area contributed by atoms with Crippen LogP contribution >= 0.6 is 11.8 Å². The van der Waals surface area contributed by atoms with Gasteiger partial charge in [0, 0.05) is 12.4 Å². The van der Waals surface area contributed by atoms with E-state index in [9.17, 15) is 0 Å². The van der Waals surface area contributed by atoms with E-state index in [-0.39, 0.29) is 12.7 Å². The number of aliphatic hydroxyl groups is 2. The zero-order chi connectivity index (χ0) is 7.82. The molecule has 3 heteroatoms. The summed E-state index contributed by atoms with van der Waals surface area (Å²) in [5.74, 6) is 1.86. The SMILES string of the molecule is CC(O)CSCCCCO. The highest BCUT2D eigenvalue weighted by molar-refractivity contribution is 7.99. The predicted octanol–water partition coefficient (Wildman–Crippen LogP) is 0.873. The molecular weight excluding hydrogens is 148 g/mol. The second-order valence-electron chi connectivity index (χ2n) is 2.35. The second-order valence-corrected chi connectivity index (χ2v) is 3.50. The molecule has 0 aromatic rings. The molecule has 0 saturated heterocycles. The number of hydrogen-bond acceptors (Lipinski definition) is 3. The third-order valence-electron chi connectivity index (χ3n) is 1.06. The quantitative estimate of drug-likeness (QED) is 0.572. The predicted molar refractivity (Wildman–Crippen MR) is 45.3 cm³/mol. The lowest BCUT2D eigenvalue weighted by Gasteiger charge is -2.02. The molecule has 10 heavy (non-hydrogen) atoms. The molecule has 0 heterocycles. The van der Waals surface area contributed by atoms with Crippen LogP contribution in [0.15, 0.2) is 0 Å². The molecule has 1 atom stereocenters. The van der Waals surface area contributed by atoms with Crippen molar-refractivity contribution in [1.29, 1.82) is 0 Å². The highest BCUT2D eigenvalue weighted by atomic mass is 32.2. The maximum absolute atomic E-state index is 8.84. The van der Waals surface area contributed by atoms with Crippen LogP contribution < -0.4 is 0 Å². The van der Waals surface area contributed by atoms with Gasteiger partial charge in [0.1, 0.15) is 0 Å². The van der Waals surface area contributed by atoms with Crippen molar-refractivity contribution in [3.05, 3.63) is 0 Å². The molecule has 0 spiro atoms. The van der Waals surface area contributed by atoms with Gasteiger partial charge in [-0.1, -0.05) is 0 Å². The molecule has 0 radical (unpaired) electrons. The Labute approximate surface area is 66.6 Å². The summed E-state index contributed by atoms with van der Waals surface area (Å²) in [5.41, 5.74) is 0. The number of hydrogen-bond donors (Lipinski definition) is 2. The molecule has 2 nitrogen and oxygen atoms in total. The Morgan fingerprint density at radius 2 is 2.10 bits per heavy atom. The monoisotopic (exact) mass is 164 g/mol. The summed E-state index contributed by atoms with van der Waals surface area (Å²) in [4.78, 5) is 0. The minimum Gasteiger partial charge on any atom is -0.396 e. The zero-order valence-corrected chi connectivity index (χ0v) is 7.23. The Balaban J connectivity index is 2.77. The van der Waals surface area contributed by atoms with Gasteiger partial charge in [-0.15, -0.1) is 0 Å². The fraction of sp³-hybridized carbons (Fsp3) is 1.00. The molecule has 0 fully saturated rings. The number of thioether (sulfide) groups is 1. The summed E-state index contributed by atoms with van der Waals surface area (Å²) in [5, 5.41) is 17.3. The molecule has 0 aliphatic carbocycles. The minimum atomic E-state index is -0.195. The summed E-state index contributed by atoms with van der Waals surface area (Å²) in [6.45, 7) is 2.08. The minimum absolute atomic E-state index is 0.195. The maximum Gasteiger partial charge on any atom is 0.0602 e. The topological polar surface area (TPSA) is 40.5 Å². The van der Waals surface area contributed by atoms with E-state index < -0.39 is 0 Å². The first-order valence-corrected chi connectivity index (χ1v) is 4.79. The van der Waals surface area contributed by atoms with Crippen molar-refractivity contribution in [2.75, 3.05) is 18.1 Å². The van der Waals surface area contributed by atoms with Gasteiger partial charge in [-0.25, -0.2) is 0 Å². The largest absolute Gasteiger partial charge is 0.396 e. The highest BCUT2D eigenvalue weighted by Gasteiger charge is 1.94. The van der Waals surface area contributed by atoms with Gasteiger partial charge in [-0.2, -0.15) is 11.8 Å². The van der Waals surface area contributed by atoms with E-state index in [1.807, 2.05) is 0 Å². The Morgan fingerprint density at radius 1 is 1.40 bits per heavy atom. The van der Waals surface area contributed by atoms with Gasteiger partial charge in [0.25, 0.3) is 0 Å². The third kappa shape index (κ3) is 8.27. The van der Waals surface area contributed by atoms with Crippen molar-refractivity contribution in [2.24, 2.45) is 0 Å². The van der Waals surface area contributed by atoms with E-state index in [2.05, 4.69) is 0 Å². The molecular formula is C7H16O2S. The van der Waals surface area contributed by atoms with Crippen LogP contribution in [0.2, 0.25) is 0 Å². The van der Waals surface area contributed by atoms with Crippen molar-refractivity contribution < 1.29 is 10.2 Å². The average molecular weight is 164 g/mol. The van der Waals surface area contributed by atoms with Crippen molar-refractivity contribution in [3.63, 3.8) is 0 Å². The Morgan fingerprint density at radius 3 is 2.60 bits per heavy atom. The average Bonchev–Trinajstić information content (AvgIpc) is 1.87. The Bertz CT molecular complexity index is 66.6. The summed E-state index contributed by atoms with van der Waals surface area (Å²) >= 11 is 1.74. The molecule has 0 rings (SSSR count). The van der Waals surface area contributed by atoms with E-state index in [1.54, 1.807) is 18.7 Å². The van der Waals surface area contributed by atoms with Gasteiger partial charge in [-0.3, -0.25) is 0 Å². The Hall–Kier alpha value is 0.270. The highest BCUT2D eigenvalue weighted by Crippen LogP contribution is 2.05. The number of aliphatic hydroxyl groups excluding tert-OH is 2. The molecule has 0 aliphatic rings. The third-order valence-corrected chi connectivity index (χ3v) is 2.35. The summed E-state index contributed by atoms with van der Waals surface area (Å²) in [6, 6.07) is 0. The van der Waals surface area contributed by atoms with Crippen LogP contribution in [0.25, 0.3) is 0 Å². The van der Waals surface area contributed by atoms with Gasteiger partial charge in [0.2, 0.25) is 0 Å². The molecule has 0 amide bonds. The van der Waals surface area contributed by atoms with Gasteiger partial charge in [-0.05, 0) is 25.5 Å². The van der Waals surface area contributed by atoms with E-state index in [4.69, 9.17) is 10.2 Å². The van der Waals surface area contributed by atoms with Crippen molar-refractivity contribution in [2.45, 2.75) is 25.9 Å². The summed E-state index contributed by atoms with van der Waals surface area (Å²) < 4.78 is 0. The van der Waals surface area contributed by atoms with Crippen molar-refractivity contribution in [3.8, 4) is 0 Å². The maximum atomic E-state index is 8.84. The fourth-order valence-electron chi connectivity index (χ4n) is 0.570. The zero-order valence-electron chi connectivity index (χ0n) is 6.42. The van der Waals surface area contributed by atoms with Crippen LogP contribution in [0.3, 0.4) is 0 Å². The number of rotatable bonds is 6. The fourth-order valence-corrected chi connectivity index (χ4v) is 1.49. The van der Waals surface area contributed by atoms with Crippen LogP contribution in [0.4, 0.5) is 0 Å². The van der Waals surface area contributed by atoms with E-state index in [0.717, 1.165) is 24.3 Å². The molecule has 2 N–H and O–H groups in total. The molecule has 62 valence electrons. The first-order chi connectivity index (χ1) is 4.77.